The summed E-state index contributed by atoms with van der Waals surface area (Å²) in [6.07, 6.45) is 1.60. The summed E-state index contributed by atoms with van der Waals surface area (Å²) in [4.78, 5) is 28.3. The van der Waals surface area contributed by atoms with Crippen molar-refractivity contribution in [2.45, 2.75) is 26.7 Å². The molecule has 1 amide bonds. The number of rotatable bonds is 3. The second-order valence-corrected chi connectivity index (χ2v) is 7.25. The molecule has 25 heavy (non-hydrogen) atoms. The van der Waals surface area contributed by atoms with E-state index >= 15 is 0 Å². The molecule has 0 atom stereocenters. The lowest BCUT2D eigenvalue weighted by Gasteiger charge is -2.28. The molecule has 3 heterocycles. The number of nitrogens with zero attached hydrogens (tertiary/aromatic N) is 5. The van der Waals surface area contributed by atoms with Crippen molar-refractivity contribution in [1.82, 2.24) is 14.9 Å². The zero-order valence-electron chi connectivity index (χ0n) is 15.8. The van der Waals surface area contributed by atoms with Gasteiger partial charge in [0.2, 0.25) is 11.9 Å². The summed E-state index contributed by atoms with van der Waals surface area (Å²) in [5, 5.41) is 0. The molecule has 2 aliphatic heterocycles. The van der Waals surface area contributed by atoms with Crippen molar-refractivity contribution >= 4 is 17.7 Å². The zero-order valence-corrected chi connectivity index (χ0v) is 15.8. The third kappa shape index (κ3) is 3.86. The predicted molar refractivity (Wildman–Crippen MR) is 98.2 cm³/mol. The Hall–Kier alpha value is -1.89. The number of aromatic nitrogens is 2. The highest BCUT2D eigenvalue weighted by atomic mass is 16.5. The first-order valence-electron chi connectivity index (χ1n) is 9.16. The van der Waals surface area contributed by atoms with E-state index < -0.39 is 0 Å². The Labute approximate surface area is 150 Å². The molecule has 0 aromatic carbocycles. The van der Waals surface area contributed by atoms with Crippen molar-refractivity contribution in [2.75, 3.05) is 63.3 Å². The molecule has 0 saturated carbocycles. The van der Waals surface area contributed by atoms with Gasteiger partial charge in [0.25, 0.3) is 0 Å². The molecule has 1 aromatic rings. The summed E-state index contributed by atoms with van der Waals surface area (Å²) in [6.45, 7) is 8.47. The normalized spacial score (nSPS) is 18.1. The van der Waals surface area contributed by atoms with Crippen LogP contribution in [0.25, 0.3) is 0 Å². The molecule has 7 heteroatoms. The standard InChI is InChI=1S/C18H29N5O2/c1-13(2)17(24)22-7-5-14-15(6-8-22)19-18(20-16(14)21(3)4)23-9-11-25-12-10-23/h13H,5-12H2,1-4H3. The summed E-state index contributed by atoms with van der Waals surface area (Å²) < 4.78 is 5.44. The average Bonchev–Trinajstić information content (AvgIpc) is 2.83. The first kappa shape index (κ1) is 17.9. The molecule has 2 aliphatic rings. The minimum atomic E-state index is 0.0320. The number of carbonyl (C=O) groups excluding carboxylic acids is 1. The van der Waals surface area contributed by atoms with Crippen LogP contribution in [-0.4, -0.2) is 74.3 Å². The van der Waals surface area contributed by atoms with E-state index in [9.17, 15) is 4.79 Å². The highest BCUT2D eigenvalue weighted by Crippen LogP contribution is 2.27. The topological polar surface area (TPSA) is 61.8 Å². The van der Waals surface area contributed by atoms with Gasteiger partial charge >= 0.3 is 0 Å². The van der Waals surface area contributed by atoms with Crippen molar-refractivity contribution in [1.29, 1.82) is 0 Å². The smallest absolute Gasteiger partial charge is 0.227 e. The highest BCUT2D eigenvalue weighted by molar-refractivity contribution is 5.78. The van der Waals surface area contributed by atoms with Crippen LogP contribution in [0.4, 0.5) is 11.8 Å². The van der Waals surface area contributed by atoms with Gasteiger partial charge < -0.3 is 19.4 Å². The molecule has 0 bridgehead atoms. The van der Waals surface area contributed by atoms with Crippen LogP contribution in [0.5, 0.6) is 0 Å². The van der Waals surface area contributed by atoms with Gasteiger partial charge in [-0.05, 0) is 6.42 Å². The maximum Gasteiger partial charge on any atom is 0.227 e. The van der Waals surface area contributed by atoms with Crippen molar-refractivity contribution in [3.05, 3.63) is 11.3 Å². The molecule has 1 saturated heterocycles. The Bertz CT molecular complexity index is 626. The Morgan fingerprint density at radius 2 is 1.76 bits per heavy atom. The van der Waals surface area contributed by atoms with Crippen molar-refractivity contribution < 1.29 is 9.53 Å². The molecule has 1 aromatic heterocycles. The number of ether oxygens (including phenoxy) is 1. The summed E-state index contributed by atoms with van der Waals surface area (Å²) in [5.41, 5.74) is 2.26. The second kappa shape index (κ2) is 7.56. The van der Waals surface area contributed by atoms with Crippen LogP contribution >= 0.6 is 0 Å². The SMILES string of the molecule is CC(C)C(=O)N1CCc2nc(N3CCOCC3)nc(N(C)C)c2CC1. The summed E-state index contributed by atoms with van der Waals surface area (Å²) in [7, 11) is 4.04. The number of carbonyl (C=O) groups is 1. The number of anilines is 2. The first-order chi connectivity index (χ1) is 12.0. The molecule has 0 unspecified atom stereocenters. The third-order valence-corrected chi connectivity index (χ3v) is 4.83. The van der Waals surface area contributed by atoms with E-state index in [0.29, 0.717) is 13.2 Å². The average molecular weight is 347 g/mol. The Morgan fingerprint density at radius 1 is 1.08 bits per heavy atom. The largest absolute Gasteiger partial charge is 0.378 e. The maximum atomic E-state index is 12.4. The van der Waals surface area contributed by atoms with E-state index in [1.165, 1.54) is 5.56 Å². The van der Waals surface area contributed by atoms with Crippen LogP contribution in [0.3, 0.4) is 0 Å². The Morgan fingerprint density at radius 3 is 2.40 bits per heavy atom. The first-order valence-corrected chi connectivity index (χ1v) is 9.16. The van der Waals surface area contributed by atoms with Crippen LogP contribution in [0, 0.1) is 5.92 Å². The highest BCUT2D eigenvalue weighted by Gasteiger charge is 2.26. The van der Waals surface area contributed by atoms with Gasteiger partial charge in [-0.15, -0.1) is 0 Å². The molecule has 0 spiro atoms. The monoisotopic (exact) mass is 347 g/mol. The zero-order chi connectivity index (χ0) is 18.0. The molecule has 0 radical (unpaired) electrons. The third-order valence-electron chi connectivity index (χ3n) is 4.83. The second-order valence-electron chi connectivity index (χ2n) is 7.25. The predicted octanol–water partition coefficient (Wildman–Crippen LogP) is 0.962. The molecule has 7 nitrogen and oxygen atoms in total. The Balaban J connectivity index is 1.90. The van der Waals surface area contributed by atoms with Gasteiger partial charge in [-0.25, -0.2) is 4.98 Å². The van der Waals surface area contributed by atoms with Crippen molar-refractivity contribution in [2.24, 2.45) is 5.92 Å². The van der Waals surface area contributed by atoms with Crippen molar-refractivity contribution in [3.8, 4) is 0 Å². The van der Waals surface area contributed by atoms with Crippen LogP contribution in [0.2, 0.25) is 0 Å². The molecular formula is C18H29N5O2. The van der Waals surface area contributed by atoms with E-state index in [4.69, 9.17) is 14.7 Å². The summed E-state index contributed by atoms with van der Waals surface area (Å²) in [6, 6.07) is 0. The van der Waals surface area contributed by atoms with Gasteiger partial charge in [0.1, 0.15) is 5.82 Å². The quantitative estimate of drug-likeness (QED) is 0.812. The van der Waals surface area contributed by atoms with Crippen molar-refractivity contribution in [3.63, 3.8) is 0 Å². The minimum Gasteiger partial charge on any atom is -0.378 e. The minimum absolute atomic E-state index is 0.0320. The fourth-order valence-electron chi connectivity index (χ4n) is 3.43. The number of hydrogen-bond acceptors (Lipinski definition) is 6. The number of morpholine rings is 1. The molecule has 138 valence electrons. The molecule has 0 aliphatic carbocycles. The molecular weight excluding hydrogens is 318 g/mol. The number of amides is 1. The van der Waals surface area contributed by atoms with Crippen LogP contribution < -0.4 is 9.80 Å². The summed E-state index contributed by atoms with van der Waals surface area (Å²) in [5.74, 6) is 2.02. The van der Waals surface area contributed by atoms with E-state index in [2.05, 4.69) is 9.80 Å². The lowest BCUT2D eigenvalue weighted by atomic mass is 10.1. The van der Waals surface area contributed by atoms with Gasteiger partial charge in [-0.1, -0.05) is 13.8 Å². The summed E-state index contributed by atoms with van der Waals surface area (Å²) >= 11 is 0. The molecule has 1 fully saturated rings. The van der Waals surface area contributed by atoms with Crippen LogP contribution in [-0.2, 0) is 22.4 Å². The van der Waals surface area contributed by atoms with Crippen LogP contribution in [0.15, 0.2) is 0 Å². The fourth-order valence-corrected chi connectivity index (χ4v) is 3.43. The van der Waals surface area contributed by atoms with E-state index in [1.54, 1.807) is 0 Å². The lowest BCUT2D eigenvalue weighted by molar-refractivity contribution is -0.134. The van der Waals surface area contributed by atoms with Crippen LogP contribution in [0.1, 0.15) is 25.1 Å². The lowest BCUT2D eigenvalue weighted by Crippen LogP contribution is -2.38. The van der Waals surface area contributed by atoms with Gasteiger partial charge in [0.05, 0.1) is 18.9 Å². The molecule has 3 rings (SSSR count). The van der Waals surface area contributed by atoms with E-state index in [-0.39, 0.29) is 11.8 Å². The number of fused-ring (bicyclic) bond motifs is 1. The van der Waals surface area contributed by atoms with E-state index in [1.807, 2.05) is 32.8 Å². The fraction of sp³-hybridized carbons (Fsp3) is 0.722. The maximum absolute atomic E-state index is 12.4. The Kier molecular flexibility index (Phi) is 5.42. The van der Waals surface area contributed by atoms with Gasteiger partial charge in [-0.2, -0.15) is 4.98 Å². The van der Waals surface area contributed by atoms with Gasteiger partial charge in [0, 0.05) is 58.2 Å². The molecule has 0 N–H and O–H groups in total. The van der Waals surface area contributed by atoms with E-state index in [0.717, 1.165) is 56.5 Å². The van der Waals surface area contributed by atoms with Gasteiger partial charge in [0.15, 0.2) is 0 Å². The van der Waals surface area contributed by atoms with Gasteiger partial charge in [-0.3, -0.25) is 4.79 Å². The number of hydrogen-bond donors (Lipinski definition) is 0.